The molecule has 0 fully saturated rings. The van der Waals surface area contributed by atoms with Crippen molar-refractivity contribution in [2.24, 2.45) is 13.0 Å². The molecule has 0 aliphatic carbocycles. The fourth-order valence-corrected chi connectivity index (χ4v) is 3.68. The Kier molecular flexibility index (Phi) is 5.39. The van der Waals surface area contributed by atoms with Crippen molar-refractivity contribution >= 4 is 11.8 Å². The van der Waals surface area contributed by atoms with E-state index in [2.05, 4.69) is 29.1 Å². The topological polar surface area (TPSA) is 93.3 Å². The molecule has 8 nitrogen and oxygen atoms in total. The highest BCUT2D eigenvalue weighted by atomic mass is 16.3. The van der Waals surface area contributed by atoms with Crippen LogP contribution in [-0.4, -0.2) is 31.2 Å². The molecule has 1 aliphatic rings. The second-order valence-corrected chi connectivity index (χ2v) is 8.02. The molecule has 1 aromatic carbocycles. The van der Waals surface area contributed by atoms with Gasteiger partial charge in [0.25, 0.3) is 11.8 Å². The summed E-state index contributed by atoms with van der Waals surface area (Å²) < 4.78 is 7.28. The fraction of sp³-hybridized carbons (Fsp3) is 0.364. The van der Waals surface area contributed by atoms with Crippen LogP contribution in [0, 0.1) is 5.92 Å². The quantitative estimate of drug-likeness (QED) is 0.678. The van der Waals surface area contributed by atoms with E-state index in [1.165, 1.54) is 6.26 Å². The maximum atomic E-state index is 12.9. The normalized spacial score (nSPS) is 14.1. The number of carbonyl (C=O) groups excluding carboxylic acids is 2. The van der Waals surface area contributed by atoms with E-state index in [4.69, 9.17) is 4.42 Å². The van der Waals surface area contributed by atoms with Crippen molar-refractivity contribution in [3.63, 3.8) is 0 Å². The monoisotopic (exact) mass is 407 g/mol. The molecule has 3 aromatic rings. The molecule has 4 rings (SSSR count). The summed E-state index contributed by atoms with van der Waals surface area (Å²) in [5, 5.41) is 2.94. The standard InChI is InChI=1S/C22H25N5O3/c1-14(2)10-17(24-20(28)19-23-8-9-26(19)3)21-25-18(13-30-21)22(29)27-11-15-6-4-5-7-16(15)12-27/h4-9,13-14,17H,10-12H2,1-3H3,(H,24,28)/t17-/m1/s1. The van der Waals surface area contributed by atoms with Crippen molar-refractivity contribution in [1.29, 1.82) is 0 Å². The minimum Gasteiger partial charge on any atom is -0.446 e. The smallest absolute Gasteiger partial charge is 0.287 e. The first-order chi connectivity index (χ1) is 14.4. The third-order valence-corrected chi connectivity index (χ3v) is 5.20. The van der Waals surface area contributed by atoms with E-state index < -0.39 is 6.04 Å². The van der Waals surface area contributed by atoms with Gasteiger partial charge in [-0.3, -0.25) is 9.59 Å². The Morgan fingerprint density at radius 3 is 2.50 bits per heavy atom. The van der Waals surface area contributed by atoms with Gasteiger partial charge in [0.2, 0.25) is 5.89 Å². The summed E-state index contributed by atoms with van der Waals surface area (Å²) in [4.78, 5) is 35.8. The molecular formula is C22H25N5O3. The van der Waals surface area contributed by atoms with Crippen molar-refractivity contribution in [1.82, 2.24) is 24.8 Å². The Hall–Kier alpha value is -3.42. The van der Waals surface area contributed by atoms with E-state index in [9.17, 15) is 9.59 Å². The molecule has 2 amide bonds. The van der Waals surface area contributed by atoms with Crippen molar-refractivity contribution in [2.45, 2.75) is 39.4 Å². The molecule has 2 aromatic heterocycles. The molecule has 1 N–H and O–H groups in total. The summed E-state index contributed by atoms with van der Waals surface area (Å²) in [7, 11) is 1.76. The van der Waals surface area contributed by atoms with Crippen LogP contribution in [-0.2, 0) is 20.1 Å². The summed E-state index contributed by atoms with van der Waals surface area (Å²) in [6.45, 7) is 5.22. The number of fused-ring (bicyclic) bond motifs is 1. The van der Waals surface area contributed by atoms with Gasteiger partial charge in [0, 0.05) is 32.5 Å². The summed E-state index contributed by atoms with van der Waals surface area (Å²) >= 11 is 0. The molecule has 8 heteroatoms. The highest BCUT2D eigenvalue weighted by molar-refractivity contribution is 5.92. The van der Waals surface area contributed by atoms with E-state index in [1.54, 1.807) is 28.9 Å². The van der Waals surface area contributed by atoms with Gasteiger partial charge in [-0.15, -0.1) is 0 Å². The SMILES string of the molecule is CC(C)C[C@@H](NC(=O)c1nccn1C)c1nc(C(=O)N2Cc3ccccc3C2)co1. The van der Waals surface area contributed by atoms with Crippen LogP contribution >= 0.6 is 0 Å². The molecule has 0 radical (unpaired) electrons. The van der Waals surface area contributed by atoms with Crippen molar-refractivity contribution < 1.29 is 14.0 Å². The number of oxazole rings is 1. The number of hydrogen-bond donors (Lipinski definition) is 1. The van der Waals surface area contributed by atoms with E-state index in [1.807, 2.05) is 24.3 Å². The maximum absolute atomic E-state index is 12.9. The second kappa shape index (κ2) is 8.14. The molecule has 0 unspecified atom stereocenters. The molecular weight excluding hydrogens is 382 g/mol. The van der Waals surface area contributed by atoms with E-state index in [-0.39, 0.29) is 23.4 Å². The summed E-state index contributed by atoms with van der Waals surface area (Å²) in [5.41, 5.74) is 2.54. The van der Waals surface area contributed by atoms with Crippen molar-refractivity contribution in [3.8, 4) is 0 Å². The molecule has 1 aliphatic heterocycles. The number of hydrogen-bond acceptors (Lipinski definition) is 5. The maximum Gasteiger partial charge on any atom is 0.287 e. The zero-order valence-electron chi connectivity index (χ0n) is 17.3. The number of rotatable bonds is 6. The Bertz CT molecular complexity index is 1040. The highest BCUT2D eigenvalue weighted by Crippen LogP contribution is 2.26. The van der Waals surface area contributed by atoms with Gasteiger partial charge in [-0.1, -0.05) is 38.1 Å². The number of benzene rings is 1. The van der Waals surface area contributed by atoms with Gasteiger partial charge in [0.15, 0.2) is 11.5 Å². The van der Waals surface area contributed by atoms with Crippen LogP contribution in [0.4, 0.5) is 0 Å². The number of imidazole rings is 1. The Labute approximate surface area is 174 Å². The van der Waals surface area contributed by atoms with Crippen LogP contribution in [0.3, 0.4) is 0 Å². The lowest BCUT2D eigenvalue weighted by Crippen LogP contribution is -2.32. The third kappa shape index (κ3) is 3.98. The lowest BCUT2D eigenvalue weighted by Gasteiger charge is -2.17. The highest BCUT2D eigenvalue weighted by Gasteiger charge is 2.28. The zero-order valence-corrected chi connectivity index (χ0v) is 17.3. The molecule has 0 spiro atoms. The molecule has 0 bridgehead atoms. The zero-order chi connectivity index (χ0) is 21.3. The van der Waals surface area contributed by atoms with E-state index in [0.29, 0.717) is 31.2 Å². The summed E-state index contributed by atoms with van der Waals surface area (Å²) in [6.07, 6.45) is 5.28. The van der Waals surface area contributed by atoms with Gasteiger partial charge in [0.1, 0.15) is 12.3 Å². The number of nitrogens with zero attached hydrogens (tertiary/aromatic N) is 4. The average Bonchev–Trinajstić information content (AvgIpc) is 3.45. The van der Waals surface area contributed by atoms with Gasteiger partial charge in [-0.05, 0) is 23.5 Å². The molecule has 0 saturated carbocycles. The van der Waals surface area contributed by atoms with Crippen LogP contribution in [0.2, 0.25) is 0 Å². The number of aryl methyl sites for hydroxylation is 1. The van der Waals surface area contributed by atoms with Gasteiger partial charge in [-0.25, -0.2) is 9.97 Å². The van der Waals surface area contributed by atoms with Crippen LogP contribution < -0.4 is 5.32 Å². The molecule has 30 heavy (non-hydrogen) atoms. The average molecular weight is 407 g/mol. The Balaban J connectivity index is 1.50. The largest absolute Gasteiger partial charge is 0.446 e. The summed E-state index contributed by atoms with van der Waals surface area (Å²) in [5.74, 6) is 0.428. The predicted octanol–water partition coefficient (Wildman–Crippen LogP) is 3.08. The molecule has 3 heterocycles. The predicted molar refractivity (Wildman–Crippen MR) is 109 cm³/mol. The van der Waals surface area contributed by atoms with Gasteiger partial charge >= 0.3 is 0 Å². The Morgan fingerprint density at radius 2 is 1.90 bits per heavy atom. The first-order valence-electron chi connectivity index (χ1n) is 10.0. The minimum atomic E-state index is -0.452. The minimum absolute atomic E-state index is 0.181. The lowest BCUT2D eigenvalue weighted by molar-refractivity contribution is 0.0745. The molecule has 0 saturated heterocycles. The summed E-state index contributed by atoms with van der Waals surface area (Å²) in [6, 6.07) is 7.56. The van der Waals surface area contributed by atoms with Crippen molar-refractivity contribution in [3.05, 3.63) is 71.5 Å². The van der Waals surface area contributed by atoms with E-state index in [0.717, 1.165) is 11.1 Å². The number of carbonyl (C=O) groups is 2. The lowest BCUT2D eigenvalue weighted by atomic mass is 10.0. The fourth-order valence-electron chi connectivity index (χ4n) is 3.68. The number of aromatic nitrogens is 3. The van der Waals surface area contributed by atoms with Gasteiger partial charge in [-0.2, -0.15) is 0 Å². The van der Waals surface area contributed by atoms with Crippen molar-refractivity contribution in [2.75, 3.05) is 0 Å². The number of nitrogens with one attached hydrogen (secondary N) is 1. The van der Waals surface area contributed by atoms with Gasteiger partial charge < -0.3 is 19.2 Å². The van der Waals surface area contributed by atoms with Gasteiger partial charge in [0.05, 0.1) is 0 Å². The number of amides is 2. The second-order valence-electron chi connectivity index (χ2n) is 8.02. The first kappa shape index (κ1) is 19.9. The molecule has 156 valence electrons. The first-order valence-corrected chi connectivity index (χ1v) is 10.0. The van der Waals surface area contributed by atoms with E-state index >= 15 is 0 Å². The third-order valence-electron chi connectivity index (χ3n) is 5.20. The Morgan fingerprint density at radius 1 is 1.20 bits per heavy atom. The van der Waals surface area contributed by atoms with Crippen LogP contribution in [0.15, 0.2) is 47.3 Å². The van der Waals surface area contributed by atoms with Crippen LogP contribution in [0.5, 0.6) is 0 Å². The van der Waals surface area contributed by atoms with Crippen LogP contribution in [0.25, 0.3) is 0 Å². The molecule has 1 atom stereocenters. The van der Waals surface area contributed by atoms with Crippen LogP contribution in [0.1, 0.15) is 64.4 Å².